The quantitative estimate of drug-likeness (QED) is 0.715. The molecule has 3 heterocycles. The van der Waals surface area contributed by atoms with Gasteiger partial charge in [-0.1, -0.05) is 0 Å². The van der Waals surface area contributed by atoms with E-state index >= 15 is 0 Å². The van der Waals surface area contributed by atoms with Gasteiger partial charge in [-0.3, -0.25) is 5.10 Å². The molecule has 0 aliphatic rings. The topological polar surface area (TPSA) is 76.6 Å². The Balaban J connectivity index is 2.20. The molecule has 0 aromatic carbocycles. The van der Waals surface area contributed by atoms with Crippen LogP contribution in [-0.2, 0) is 0 Å². The van der Waals surface area contributed by atoms with Crippen molar-refractivity contribution in [2.75, 3.05) is 7.11 Å². The second kappa shape index (κ2) is 4.23. The lowest BCUT2D eigenvalue weighted by Crippen LogP contribution is -1.92. The van der Waals surface area contributed by atoms with Gasteiger partial charge in [-0.2, -0.15) is 10.1 Å². The van der Waals surface area contributed by atoms with Crippen molar-refractivity contribution < 1.29 is 4.74 Å². The zero-order valence-corrected chi connectivity index (χ0v) is 10.1. The molecule has 0 fully saturated rings. The van der Waals surface area contributed by atoms with Gasteiger partial charge in [0.25, 0.3) is 0 Å². The molecule has 0 saturated heterocycles. The first-order chi connectivity index (χ1) is 8.78. The predicted octanol–water partition coefficient (Wildman–Crippen LogP) is 2.08. The highest BCUT2D eigenvalue weighted by atomic mass is 35.5. The van der Waals surface area contributed by atoms with E-state index in [2.05, 4.69) is 25.1 Å². The third-order valence-corrected chi connectivity index (χ3v) is 2.67. The molecule has 0 unspecified atom stereocenters. The van der Waals surface area contributed by atoms with Crippen LogP contribution >= 0.6 is 11.6 Å². The Morgan fingerprint density at radius 3 is 2.83 bits per heavy atom. The molecule has 0 bridgehead atoms. The van der Waals surface area contributed by atoms with Gasteiger partial charge in [-0.25, -0.2) is 9.97 Å². The van der Waals surface area contributed by atoms with E-state index in [9.17, 15) is 0 Å². The molecule has 0 aliphatic carbocycles. The maximum absolute atomic E-state index is 5.87. The third kappa shape index (κ3) is 1.76. The van der Waals surface area contributed by atoms with E-state index in [4.69, 9.17) is 16.3 Å². The standard InChI is InChI=1S/C11H8ClN5O/c1-18-8-3-2-6(4-13-8)9-7-5-14-17-10(7)16-11(12)15-9/h2-5H,1H3,(H,14,15,16,17). The van der Waals surface area contributed by atoms with Gasteiger partial charge in [0.2, 0.25) is 11.2 Å². The fourth-order valence-corrected chi connectivity index (χ4v) is 1.84. The lowest BCUT2D eigenvalue weighted by atomic mass is 10.1. The average Bonchev–Trinajstić information content (AvgIpc) is 2.86. The van der Waals surface area contributed by atoms with Crippen LogP contribution in [0.1, 0.15) is 0 Å². The van der Waals surface area contributed by atoms with Crippen molar-refractivity contribution in [1.29, 1.82) is 0 Å². The molecule has 0 amide bonds. The van der Waals surface area contributed by atoms with E-state index in [1.54, 1.807) is 25.6 Å². The monoisotopic (exact) mass is 261 g/mol. The molecule has 3 aromatic rings. The zero-order chi connectivity index (χ0) is 12.5. The van der Waals surface area contributed by atoms with Crippen molar-refractivity contribution in [3.05, 3.63) is 29.8 Å². The van der Waals surface area contributed by atoms with E-state index in [1.807, 2.05) is 6.07 Å². The Morgan fingerprint density at radius 2 is 2.11 bits per heavy atom. The fourth-order valence-electron chi connectivity index (χ4n) is 1.67. The van der Waals surface area contributed by atoms with Crippen LogP contribution in [0.2, 0.25) is 5.28 Å². The largest absolute Gasteiger partial charge is 0.481 e. The third-order valence-electron chi connectivity index (χ3n) is 2.50. The molecule has 18 heavy (non-hydrogen) atoms. The van der Waals surface area contributed by atoms with Gasteiger partial charge >= 0.3 is 0 Å². The van der Waals surface area contributed by atoms with E-state index in [-0.39, 0.29) is 5.28 Å². The maximum Gasteiger partial charge on any atom is 0.224 e. The average molecular weight is 262 g/mol. The van der Waals surface area contributed by atoms with E-state index in [1.165, 1.54) is 0 Å². The van der Waals surface area contributed by atoms with Crippen LogP contribution in [0.25, 0.3) is 22.3 Å². The fraction of sp³-hybridized carbons (Fsp3) is 0.0909. The van der Waals surface area contributed by atoms with Crippen LogP contribution < -0.4 is 4.74 Å². The highest BCUT2D eigenvalue weighted by Crippen LogP contribution is 2.26. The second-order valence-corrected chi connectivity index (χ2v) is 3.90. The summed E-state index contributed by atoms with van der Waals surface area (Å²) in [6, 6.07) is 3.62. The number of hydrogen-bond acceptors (Lipinski definition) is 5. The Kier molecular flexibility index (Phi) is 2.56. The summed E-state index contributed by atoms with van der Waals surface area (Å²) in [6.07, 6.45) is 3.33. The van der Waals surface area contributed by atoms with Crippen LogP contribution in [0.5, 0.6) is 5.88 Å². The molecule has 0 saturated carbocycles. The second-order valence-electron chi connectivity index (χ2n) is 3.56. The molecule has 0 radical (unpaired) electrons. The molecule has 3 aromatic heterocycles. The van der Waals surface area contributed by atoms with Crippen molar-refractivity contribution in [2.45, 2.75) is 0 Å². The van der Waals surface area contributed by atoms with Crippen molar-refractivity contribution in [2.24, 2.45) is 0 Å². The summed E-state index contributed by atoms with van der Waals surface area (Å²) in [4.78, 5) is 12.4. The van der Waals surface area contributed by atoms with Crippen LogP contribution in [0.3, 0.4) is 0 Å². The summed E-state index contributed by atoms with van der Waals surface area (Å²) in [5.41, 5.74) is 2.11. The number of nitrogens with zero attached hydrogens (tertiary/aromatic N) is 4. The van der Waals surface area contributed by atoms with Crippen molar-refractivity contribution in [1.82, 2.24) is 25.1 Å². The van der Waals surface area contributed by atoms with E-state index < -0.39 is 0 Å². The summed E-state index contributed by atoms with van der Waals surface area (Å²) >= 11 is 5.87. The molecule has 0 atom stereocenters. The number of methoxy groups -OCH3 is 1. The molecule has 1 N–H and O–H groups in total. The Labute approximate surface area is 107 Å². The first kappa shape index (κ1) is 10.9. The van der Waals surface area contributed by atoms with E-state index in [0.29, 0.717) is 17.2 Å². The zero-order valence-electron chi connectivity index (χ0n) is 9.38. The smallest absolute Gasteiger partial charge is 0.224 e. The first-order valence-electron chi connectivity index (χ1n) is 5.15. The number of fused-ring (bicyclic) bond motifs is 1. The number of nitrogens with one attached hydrogen (secondary N) is 1. The summed E-state index contributed by atoms with van der Waals surface area (Å²) < 4.78 is 5.01. The van der Waals surface area contributed by atoms with Crippen LogP contribution in [0.4, 0.5) is 0 Å². The van der Waals surface area contributed by atoms with Crippen molar-refractivity contribution in [3.8, 4) is 17.1 Å². The molecular formula is C11H8ClN5O. The number of ether oxygens (including phenoxy) is 1. The number of hydrogen-bond donors (Lipinski definition) is 1. The minimum atomic E-state index is 0.164. The lowest BCUT2D eigenvalue weighted by Gasteiger charge is -2.03. The summed E-state index contributed by atoms with van der Waals surface area (Å²) in [5, 5.41) is 7.66. The number of halogens is 1. The maximum atomic E-state index is 5.87. The minimum Gasteiger partial charge on any atom is -0.481 e. The Bertz CT molecular complexity index is 694. The van der Waals surface area contributed by atoms with Gasteiger partial charge in [-0.15, -0.1) is 0 Å². The van der Waals surface area contributed by atoms with Crippen LogP contribution in [-0.4, -0.2) is 32.3 Å². The normalized spacial score (nSPS) is 10.8. The van der Waals surface area contributed by atoms with Gasteiger partial charge in [0.15, 0.2) is 5.65 Å². The van der Waals surface area contributed by atoms with Gasteiger partial charge in [-0.05, 0) is 17.7 Å². The SMILES string of the molecule is COc1ccc(-c2nc(Cl)nc3[nH]ncc23)cn1. The van der Waals surface area contributed by atoms with Crippen molar-refractivity contribution >= 4 is 22.6 Å². The molecule has 6 nitrogen and oxygen atoms in total. The highest BCUT2D eigenvalue weighted by molar-refractivity contribution is 6.28. The van der Waals surface area contributed by atoms with Gasteiger partial charge in [0.05, 0.1) is 24.4 Å². The number of pyridine rings is 1. The van der Waals surface area contributed by atoms with Crippen LogP contribution in [0.15, 0.2) is 24.5 Å². The van der Waals surface area contributed by atoms with Gasteiger partial charge in [0, 0.05) is 17.8 Å². The Morgan fingerprint density at radius 1 is 1.22 bits per heavy atom. The molecule has 7 heteroatoms. The molecule has 90 valence electrons. The predicted molar refractivity (Wildman–Crippen MR) is 66.5 cm³/mol. The summed E-state index contributed by atoms with van der Waals surface area (Å²) in [5.74, 6) is 0.544. The number of aromatic amines is 1. The molecular weight excluding hydrogens is 254 g/mol. The number of H-pyrrole nitrogens is 1. The minimum absolute atomic E-state index is 0.164. The number of aromatic nitrogens is 5. The highest BCUT2D eigenvalue weighted by Gasteiger charge is 2.10. The van der Waals surface area contributed by atoms with Gasteiger partial charge < -0.3 is 4.74 Å². The van der Waals surface area contributed by atoms with Gasteiger partial charge in [0.1, 0.15) is 0 Å². The molecule has 0 aliphatic heterocycles. The summed E-state index contributed by atoms with van der Waals surface area (Å²) in [7, 11) is 1.57. The van der Waals surface area contributed by atoms with Crippen LogP contribution in [0, 0.1) is 0 Å². The Hall–Kier alpha value is -2.21. The molecule has 3 rings (SSSR count). The lowest BCUT2D eigenvalue weighted by molar-refractivity contribution is 0.398. The molecule has 0 spiro atoms. The number of rotatable bonds is 2. The first-order valence-corrected chi connectivity index (χ1v) is 5.53. The van der Waals surface area contributed by atoms with E-state index in [0.717, 1.165) is 10.9 Å². The van der Waals surface area contributed by atoms with Crippen molar-refractivity contribution in [3.63, 3.8) is 0 Å². The summed E-state index contributed by atoms with van der Waals surface area (Å²) in [6.45, 7) is 0.